The number of hydrogen-bond acceptors (Lipinski definition) is 5. The Kier molecular flexibility index (Phi) is 5.27. The number of methoxy groups -OCH3 is 1. The third kappa shape index (κ3) is 4.35. The summed E-state index contributed by atoms with van der Waals surface area (Å²) in [4.78, 5) is 19.2. The maximum atomic E-state index is 12.8. The normalized spacial score (nSPS) is 11.2. The molecule has 0 aliphatic heterocycles. The van der Waals surface area contributed by atoms with Crippen LogP contribution in [0.15, 0.2) is 59.9 Å². The van der Waals surface area contributed by atoms with Gasteiger partial charge in [0.2, 0.25) is 0 Å². The van der Waals surface area contributed by atoms with Gasteiger partial charge in [0.25, 0.3) is 15.9 Å². The van der Waals surface area contributed by atoms with Crippen molar-refractivity contribution in [2.75, 3.05) is 7.11 Å². The number of hydrogen-bond donors (Lipinski definition) is 2. The summed E-state index contributed by atoms with van der Waals surface area (Å²) in [5.74, 6) is -0.0695. The smallest absolute Gasteiger partial charge is 0.266 e. The SMILES string of the molecule is COc1ccc(Cc2cc(C)ccc2S(=O)(=O)NC(=O)c2cc[nH]c2)nc1. The standard InChI is InChI=1S/C19H19N3O4S/c1-13-3-6-18(27(24,25)22-19(23)14-7-8-20-11-14)15(9-13)10-16-4-5-17(26-2)12-21-16/h3-9,11-12,20H,10H2,1-2H3,(H,22,23). The molecule has 0 aliphatic rings. The molecule has 1 aromatic carbocycles. The number of sulfonamides is 1. The van der Waals surface area contributed by atoms with E-state index in [1.54, 1.807) is 43.8 Å². The Morgan fingerprint density at radius 1 is 1.22 bits per heavy atom. The van der Waals surface area contributed by atoms with Gasteiger partial charge in [-0.3, -0.25) is 9.78 Å². The minimum absolute atomic E-state index is 0.0506. The van der Waals surface area contributed by atoms with Gasteiger partial charge in [-0.1, -0.05) is 17.7 Å². The number of aryl methyl sites for hydroxylation is 1. The minimum Gasteiger partial charge on any atom is -0.495 e. The number of carbonyl (C=O) groups is 1. The predicted octanol–water partition coefficient (Wildman–Crippen LogP) is 2.44. The van der Waals surface area contributed by atoms with E-state index in [0.29, 0.717) is 23.4 Å². The summed E-state index contributed by atoms with van der Waals surface area (Å²) in [6.07, 6.45) is 4.86. The maximum Gasteiger partial charge on any atom is 0.266 e. The molecular weight excluding hydrogens is 366 g/mol. The van der Waals surface area contributed by atoms with Crippen LogP contribution in [-0.4, -0.2) is 31.4 Å². The summed E-state index contributed by atoms with van der Waals surface area (Å²) in [6.45, 7) is 1.87. The van der Waals surface area contributed by atoms with E-state index >= 15 is 0 Å². The summed E-state index contributed by atoms with van der Waals surface area (Å²) in [5, 5.41) is 0. The predicted molar refractivity (Wildman–Crippen MR) is 100 cm³/mol. The fourth-order valence-electron chi connectivity index (χ4n) is 2.64. The van der Waals surface area contributed by atoms with Gasteiger partial charge in [0, 0.05) is 24.5 Å². The van der Waals surface area contributed by atoms with Crippen LogP contribution in [0.1, 0.15) is 27.2 Å². The number of carbonyl (C=O) groups excluding carboxylic acids is 1. The lowest BCUT2D eigenvalue weighted by molar-refractivity contribution is 0.0981. The Morgan fingerprint density at radius 2 is 2.04 bits per heavy atom. The van der Waals surface area contributed by atoms with Gasteiger partial charge in [0.05, 0.1) is 23.8 Å². The molecule has 3 rings (SSSR count). The molecule has 0 aliphatic carbocycles. The van der Waals surface area contributed by atoms with Crippen LogP contribution in [0.4, 0.5) is 0 Å². The summed E-state index contributed by atoms with van der Waals surface area (Å²) in [5.41, 5.74) is 2.40. The Morgan fingerprint density at radius 3 is 2.67 bits per heavy atom. The number of aromatic amines is 1. The van der Waals surface area contributed by atoms with Gasteiger partial charge in [0.15, 0.2) is 0 Å². The first kappa shape index (κ1) is 18.7. The van der Waals surface area contributed by atoms with Gasteiger partial charge in [-0.05, 0) is 36.8 Å². The zero-order chi connectivity index (χ0) is 19.4. The molecule has 3 aromatic rings. The van der Waals surface area contributed by atoms with Gasteiger partial charge in [-0.15, -0.1) is 0 Å². The highest BCUT2D eigenvalue weighted by atomic mass is 32.2. The number of aromatic nitrogens is 2. The van der Waals surface area contributed by atoms with E-state index in [0.717, 1.165) is 5.56 Å². The molecule has 27 heavy (non-hydrogen) atoms. The molecule has 140 valence electrons. The average molecular weight is 385 g/mol. The van der Waals surface area contributed by atoms with E-state index in [1.165, 1.54) is 18.3 Å². The lowest BCUT2D eigenvalue weighted by atomic mass is 10.1. The Labute approximate surface area is 157 Å². The van der Waals surface area contributed by atoms with Crippen molar-refractivity contribution in [3.05, 3.63) is 77.4 Å². The number of H-pyrrole nitrogens is 1. The van der Waals surface area contributed by atoms with E-state index in [4.69, 9.17) is 4.74 Å². The summed E-state index contributed by atoms with van der Waals surface area (Å²) in [6, 6.07) is 10.0. The van der Waals surface area contributed by atoms with E-state index in [2.05, 4.69) is 14.7 Å². The third-order valence-electron chi connectivity index (χ3n) is 4.00. The lowest BCUT2D eigenvalue weighted by Gasteiger charge is -2.12. The summed E-state index contributed by atoms with van der Waals surface area (Å²) < 4.78 is 32.8. The van der Waals surface area contributed by atoms with E-state index in [1.807, 2.05) is 6.92 Å². The highest BCUT2D eigenvalue weighted by Gasteiger charge is 2.22. The van der Waals surface area contributed by atoms with E-state index in [-0.39, 0.29) is 10.5 Å². The van der Waals surface area contributed by atoms with Crippen LogP contribution in [-0.2, 0) is 16.4 Å². The van der Waals surface area contributed by atoms with Gasteiger partial charge in [-0.2, -0.15) is 0 Å². The highest BCUT2D eigenvalue weighted by molar-refractivity contribution is 7.90. The Bertz CT molecular complexity index is 1040. The molecular formula is C19H19N3O4S. The zero-order valence-corrected chi connectivity index (χ0v) is 15.7. The summed E-state index contributed by atoms with van der Waals surface area (Å²) in [7, 11) is -2.48. The van der Waals surface area contributed by atoms with Crippen molar-refractivity contribution in [3.8, 4) is 5.75 Å². The topological polar surface area (TPSA) is 101 Å². The minimum atomic E-state index is -4.03. The van der Waals surface area contributed by atoms with Crippen molar-refractivity contribution in [1.82, 2.24) is 14.7 Å². The number of benzene rings is 1. The quantitative estimate of drug-likeness (QED) is 0.679. The second kappa shape index (κ2) is 7.63. The van der Waals surface area contributed by atoms with Crippen LogP contribution in [0.5, 0.6) is 5.75 Å². The summed E-state index contributed by atoms with van der Waals surface area (Å²) >= 11 is 0. The second-order valence-electron chi connectivity index (χ2n) is 6.01. The maximum absolute atomic E-state index is 12.8. The van der Waals surface area contributed by atoms with Crippen molar-refractivity contribution in [2.45, 2.75) is 18.2 Å². The van der Waals surface area contributed by atoms with Crippen molar-refractivity contribution in [1.29, 1.82) is 0 Å². The molecule has 0 spiro atoms. The second-order valence-corrected chi connectivity index (χ2v) is 7.66. The highest BCUT2D eigenvalue weighted by Crippen LogP contribution is 2.21. The van der Waals surface area contributed by atoms with E-state index < -0.39 is 15.9 Å². The van der Waals surface area contributed by atoms with Crippen molar-refractivity contribution in [3.63, 3.8) is 0 Å². The molecule has 0 saturated carbocycles. The number of nitrogens with zero attached hydrogens (tertiary/aromatic N) is 1. The molecule has 0 radical (unpaired) electrons. The molecule has 7 nitrogen and oxygen atoms in total. The van der Waals surface area contributed by atoms with Crippen LogP contribution >= 0.6 is 0 Å². The van der Waals surface area contributed by atoms with Crippen molar-refractivity contribution in [2.24, 2.45) is 0 Å². The number of amides is 1. The molecule has 0 fully saturated rings. The van der Waals surface area contributed by atoms with Crippen LogP contribution in [0, 0.1) is 6.92 Å². The number of pyridine rings is 1. The average Bonchev–Trinajstić information content (AvgIpc) is 3.17. The van der Waals surface area contributed by atoms with Gasteiger partial charge < -0.3 is 9.72 Å². The molecule has 2 heterocycles. The van der Waals surface area contributed by atoms with Gasteiger partial charge in [-0.25, -0.2) is 13.1 Å². The van der Waals surface area contributed by atoms with Crippen LogP contribution in [0.25, 0.3) is 0 Å². The van der Waals surface area contributed by atoms with Crippen LogP contribution < -0.4 is 9.46 Å². The first-order valence-corrected chi connectivity index (χ1v) is 9.66. The molecule has 0 atom stereocenters. The number of ether oxygens (including phenoxy) is 1. The number of nitrogens with one attached hydrogen (secondary N) is 2. The van der Waals surface area contributed by atoms with Gasteiger partial charge >= 0.3 is 0 Å². The lowest BCUT2D eigenvalue weighted by Crippen LogP contribution is -2.31. The van der Waals surface area contributed by atoms with Crippen LogP contribution in [0.2, 0.25) is 0 Å². The molecule has 8 heteroatoms. The first-order valence-electron chi connectivity index (χ1n) is 8.17. The van der Waals surface area contributed by atoms with E-state index in [9.17, 15) is 13.2 Å². The molecule has 0 saturated heterocycles. The van der Waals surface area contributed by atoms with Gasteiger partial charge in [0.1, 0.15) is 5.75 Å². The molecule has 0 bridgehead atoms. The van der Waals surface area contributed by atoms with Crippen molar-refractivity contribution >= 4 is 15.9 Å². The monoisotopic (exact) mass is 385 g/mol. The Hall–Kier alpha value is -3.13. The fraction of sp³-hybridized carbons (Fsp3) is 0.158. The molecule has 2 aromatic heterocycles. The zero-order valence-electron chi connectivity index (χ0n) is 14.9. The third-order valence-corrected chi connectivity index (χ3v) is 5.43. The molecule has 2 N–H and O–H groups in total. The number of rotatable bonds is 6. The van der Waals surface area contributed by atoms with Crippen LogP contribution in [0.3, 0.4) is 0 Å². The Balaban J connectivity index is 1.91. The fourth-order valence-corrected chi connectivity index (χ4v) is 3.84. The molecule has 0 unspecified atom stereocenters. The largest absolute Gasteiger partial charge is 0.495 e. The van der Waals surface area contributed by atoms with Crippen molar-refractivity contribution < 1.29 is 17.9 Å². The molecule has 1 amide bonds. The first-order chi connectivity index (χ1) is 12.9.